The van der Waals surface area contributed by atoms with E-state index in [9.17, 15) is 26.3 Å². The van der Waals surface area contributed by atoms with Gasteiger partial charge in [0.25, 0.3) is 0 Å². The Balaban J connectivity index is 1.46. The molecule has 1 saturated heterocycles. The lowest BCUT2D eigenvalue weighted by Crippen LogP contribution is -2.41. The number of alkyl halides is 6. The normalized spacial score (nSPS) is 22.5. The molecule has 0 amide bonds. The van der Waals surface area contributed by atoms with Gasteiger partial charge in [0.05, 0.1) is 11.1 Å². The number of anilines is 2. The maximum absolute atomic E-state index is 13.5. The fourth-order valence-corrected chi connectivity index (χ4v) is 5.37. The van der Waals surface area contributed by atoms with Gasteiger partial charge in [0.15, 0.2) is 0 Å². The second-order valence-corrected chi connectivity index (χ2v) is 8.87. The van der Waals surface area contributed by atoms with Gasteiger partial charge in [0, 0.05) is 50.0 Å². The lowest BCUT2D eigenvalue weighted by Gasteiger charge is -2.42. The SMILES string of the molecule is FC(F)(F)c1ccc(CNc2cc3c4c(c2)[C@@H]2CNC[C@@H]2CN4CCC3)c(C(F)(F)F)c1. The topological polar surface area (TPSA) is 27.3 Å². The molecule has 0 radical (unpaired) electrons. The number of hydrogen-bond acceptors (Lipinski definition) is 3. The summed E-state index contributed by atoms with van der Waals surface area (Å²) in [6.45, 7) is 3.66. The molecule has 0 bridgehead atoms. The number of fused-ring (bicyclic) bond motifs is 2. The first-order valence-corrected chi connectivity index (χ1v) is 10.7. The van der Waals surface area contributed by atoms with Gasteiger partial charge in [-0.1, -0.05) is 6.07 Å². The molecule has 2 N–H and O–H groups in total. The van der Waals surface area contributed by atoms with Crippen LogP contribution in [-0.4, -0.2) is 26.2 Å². The third kappa shape index (κ3) is 3.80. The molecule has 2 atom stereocenters. The molecule has 9 heteroatoms. The zero-order valence-corrected chi connectivity index (χ0v) is 17.2. The van der Waals surface area contributed by atoms with Crippen molar-refractivity contribution in [1.82, 2.24) is 5.32 Å². The van der Waals surface area contributed by atoms with Gasteiger partial charge in [-0.05, 0) is 59.7 Å². The Morgan fingerprint density at radius 2 is 1.81 bits per heavy atom. The van der Waals surface area contributed by atoms with Gasteiger partial charge in [-0.15, -0.1) is 0 Å². The summed E-state index contributed by atoms with van der Waals surface area (Å²) in [5.41, 5.74) is 1.61. The first kappa shape index (κ1) is 21.4. The highest BCUT2D eigenvalue weighted by molar-refractivity contribution is 5.70. The van der Waals surface area contributed by atoms with Gasteiger partial charge in [-0.25, -0.2) is 0 Å². The highest BCUT2D eigenvalue weighted by Gasteiger charge is 2.40. The summed E-state index contributed by atoms with van der Waals surface area (Å²) >= 11 is 0. The van der Waals surface area contributed by atoms with Gasteiger partial charge in [0.2, 0.25) is 0 Å². The van der Waals surface area contributed by atoms with Crippen LogP contribution in [-0.2, 0) is 25.3 Å². The van der Waals surface area contributed by atoms with Crippen molar-refractivity contribution in [3.63, 3.8) is 0 Å². The molecule has 0 aliphatic carbocycles. The van der Waals surface area contributed by atoms with Crippen LogP contribution in [0.15, 0.2) is 30.3 Å². The molecule has 2 aromatic carbocycles. The summed E-state index contributed by atoms with van der Waals surface area (Å²) in [6, 6.07) is 5.80. The van der Waals surface area contributed by atoms with E-state index in [1.807, 2.05) is 12.1 Å². The number of hydrogen-bond donors (Lipinski definition) is 2. The van der Waals surface area contributed by atoms with Gasteiger partial charge >= 0.3 is 12.4 Å². The predicted octanol–water partition coefficient (Wildman–Crippen LogP) is 5.41. The van der Waals surface area contributed by atoms with Crippen molar-refractivity contribution in [2.24, 2.45) is 5.92 Å². The number of halogens is 6. The van der Waals surface area contributed by atoms with E-state index in [1.54, 1.807) is 0 Å². The first-order chi connectivity index (χ1) is 15.1. The number of benzene rings is 2. The quantitative estimate of drug-likeness (QED) is 0.607. The minimum atomic E-state index is -4.87. The van der Waals surface area contributed by atoms with E-state index in [2.05, 4.69) is 15.5 Å². The molecular formula is C23H23F6N3. The Hall–Kier alpha value is -2.42. The highest BCUT2D eigenvalue weighted by Crippen LogP contribution is 2.46. The molecule has 3 nitrogen and oxygen atoms in total. The van der Waals surface area contributed by atoms with Crippen LogP contribution in [0.5, 0.6) is 0 Å². The van der Waals surface area contributed by atoms with Crippen molar-refractivity contribution in [2.45, 2.75) is 37.7 Å². The largest absolute Gasteiger partial charge is 0.416 e. The van der Waals surface area contributed by atoms with Crippen LogP contribution in [0.25, 0.3) is 0 Å². The molecule has 2 aromatic rings. The molecule has 0 aromatic heterocycles. The fraction of sp³-hybridized carbons (Fsp3) is 0.478. The first-order valence-electron chi connectivity index (χ1n) is 10.7. The van der Waals surface area contributed by atoms with Crippen LogP contribution >= 0.6 is 0 Å². The van der Waals surface area contributed by atoms with Crippen LogP contribution in [0, 0.1) is 5.92 Å². The van der Waals surface area contributed by atoms with Crippen molar-refractivity contribution in [3.8, 4) is 0 Å². The number of aryl methyl sites for hydroxylation is 1. The molecule has 3 aliphatic rings. The van der Waals surface area contributed by atoms with Gasteiger partial charge in [-0.3, -0.25) is 0 Å². The average molecular weight is 455 g/mol. The summed E-state index contributed by atoms with van der Waals surface area (Å²) in [6.07, 6.45) is -7.76. The second-order valence-electron chi connectivity index (χ2n) is 8.87. The minimum absolute atomic E-state index is 0.195. The van der Waals surface area contributed by atoms with Crippen molar-refractivity contribution >= 4 is 11.4 Å². The lowest BCUT2D eigenvalue weighted by molar-refractivity contribution is -0.143. The van der Waals surface area contributed by atoms with Gasteiger partial charge in [-0.2, -0.15) is 26.3 Å². The molecule has 3 heterocycles. The van der Waals surface area contributed by atoms with Crippen LogP contribution in [0.2, 0.25) is 0 Å². The van der Waals surface area contributed by atoms with E-state index in [-0.39, 0.29) is 18.2 Å². The number of nitrogens with zero attached hydrogens (tertiary/aromatic N) is 1. The van der Waals surface area contributed by atoms with Crippen LogP contribution in [0.1, 0.15) is 40.2 Å². The maximum atomic E-state index is 13.5. The van der Waals surface area contributed by atoms with Gasteiger partial charge in [0.1, 0.15) is 0 Å². The summed E-state index contributed by atoms with van der Waals surface area (Å²) in [7, 11) is 0. The Labute approximate surface area is 181 Å². The van der Waals surface area contributed by atoms with E-state index < -0.39 is 23.5 Å². The molecule has 5 rings (SSSR count). The third-order valence-corrected chi connectivity index (χ3v) is 6.83. The smallest absolute Gasteiger partial charge is 0.381 e. The number of nitrogens with one attached hydrogen (secondary N) is 2. The molecule has 3 aliphatic heterocycles. The van der Waals surface area contributed by atoms with E-state index >= 15 is 0 Å². The standard InChI is InChI=1S/C23H23F6N3/c24-22(25,26)16-4-3-14(20(7-16)23(27,28)29)10-31-17-6-13-2-1-5-32-12-15-9-30-11-19(15)18(8-17)21(13)32/h3-4,6-8,15,19,30-31H,1-2,5,9-12H2/t15-,19-/m1/s1. The van der Waals surface area contributed by atoms with Crippen molar-refractivity contribution in [1.29, 1.82) is 0 Å². The van der Waals surface area contributed by atoms with E-state index in [4.69, 9.17) is 0 Å². The third-order valence-electron chi connectivity index (χ3n) is 6.83. The summed E-state index contributed by atoms with van der Waals surface area (Å²) < 4.78 is 79.2. The van der Waals surface area contributed by atoms with E-state index in [0.29, 0.717) is 23.6 Å². The van der Waals surface area contributed by atoms with Crippen LogP contribution in [0.3, 0.4) is 0 Å². The second kappa shape index (κ2) is 7.57. The van der Waals surface area contributed by atoms with Crippen molar-refractivity contribution in [2.75, 3.05) is 36.4 Å². The monoisotopic (exact) mass is 455 g/mol. The molecule has 0 spiro atoms. The Morgan fingerprint density at radius 3 is 2.56 bits per heavy atom. The molecule has 0 unspecified atom stereocenters. The molecular weight excluding hydrogens is 432 g/mol. The summed E-state index contributed by atoms with van der Waals surface area (Å²) in [5, 5.41) is 6.50. The summed E-state index contributed by atoms with van der Waals surface area (Å²) in [5.74, 6) is 0.882. The van der Waals surface area contributed by atoms with Crippen LogP contribution < -0.4 is 15.5 Å². The zero-order valence-electron chi connectivity index (χ0n) is 17.2. The van der Waals surface area contributed by atoms with E-state index in [1.165, 1.54) is 16.8 Å². The van der Waals surface area contributed by atoms with Crippen LogP contribution in [0.4, 0.5) is 37.7 Å². The zero-order chi connectivity index (χ0) is 22.7. The van der Waals surface area contributed by atoms with E-state index in [0.717, 1.165) is 45.1 Å². The minimum Gasteiger partial charge on any atom is -0.381 e. The maximum Gasteiger partial charge on any atom is 0.416 e. The fourth-order valence-electron chi connectivity index (χ4n) is 5.37. The molecule has 0 saturated carbocycles. The van der Waals surface area contributed by atoms with Crippen molar-refractivity contribution in [3.05, 3.63) is 58.1 Å². The van der Waals surface area contributed by atoms with Gasteiger partial charge < -0.3 is 15.5 Å². The van der Waals surface area contributed by atoms with Crippen molar-refractivity contribution < 1.29 is 26.3 Å². The predicted molar refractivity (Wildman–Crippen MR) is 110 cm³/mol. The average Bonchev–Trinajstić information content (AvgIpc) is 3.19. The lowest BCUT2D eigenvalue weighted by atomic mass is 9.80. The highest BCUT2D eigenvalue weighted by atomic mass is 19.4. The Kier molecular flexibility index (Phi) is 5.07. The summed E-state index contributed by atoms with van der Waals surface area (Å²) in [4.78, 5) is 2.42. The number of rotatable bonds is 3. The molecule has 172 valence electrons. The Bertz CT molecular complexity index is 1030. The molecule has 32 heavy (non-hydrogen) atoms. The Morgan fingerprint density at radius 1 is 1.00 bits per heavy atom. The molecule has 1 fully saturated rings.